The zero-order valence-electron chi connectivity index (χ0n) is 7.99. The summed E-state index contributed by atoms with van der Waals surface area (Å²) in [5.74, 6) is 0. The molecule has 13 heavy (non-hydrogen) atoms. The van der Waals surface area contributed by atoms with E-state index in [0.717, 1.165) is 6.54 Å². The van der Waals surface area contributed by atoms with Crippen molar-refractivity contribution in [2.75, 3.05) is 13.1 Å². The average molecular weight is 198 g/mol. The fourth-order valence-corrected chi connectivity index (χ4v) is 1.57. The number of nitrogens with zero attached hydrogens (tertiary/aromatic N) is 1. The quantitative estimate of drug-likeness (QED) is 0.705. The van der Waals surface area contributed by atoms with Crippen LogP contribution in [0.15, 0.2) is 24.3 Å². The molecule has 0 radical (unpaired) electrons. The summed E-state index contributed by atoms with van der Waals surface area (Å²) in [5.41, 5.74) is 2.90. The van der Waals surface area contributed by atoms with Crippen molar-refractivity contribution >= 4 is 12.4 Å². The summed E-state index contributed by atoms with van der Waals surface area (Å²) in [5, 5.41) is 0. The Morgan fingerprint density at radius 3 is 2.46 bits per heavy atom. The molecule has 1 heterocycles. The van der Waals surface area contributed by atoms with E-state index in [1.54, 1.807) is 0 Å². The first-order valence-electron chi connectivity index (χ1n) is 4.63. The number of hydrogen-bond acceptors (Lipinski definition) is 1. The molecule has 0 aromatic heterocycles. The van der Waals surface area contributed by atoms with Crippen LogP contribution < -0.4 is 0 Å². The zero-order chi connectivity index (χ0) is 8.39. The van der Waals surface area contributed by atoms with Gasteiger partial charge in [0.25, 0.3) is 0 Å². The van der Waals surface area contributed by atoms with Gasteiger partial charge in [0.05, 0.1) is 0 Å². The third-order valence-electron chi connectivity index (χ3n) is 2.60. The molecule has 0 amide bonds. The maximum atomic E-state index is 2.49. The van der Waals surface area contributed by atoms with Crippen molar-refractivity contribution in [1.82, 2.24) is 4.90 Å². The highest BCUT2D eigenvalue weighted by atomic mass is 35.5. The van der Waals surface area contributed by atoms with E-state index in [4.69, 9.17) is 0 Å². The maximum absolute atomic E-state index is 2.49. The number of benzene rings is 1. The van der Waals surface area contributed by atoms with Gasteiger partial charge in [-0.05, 0) is 37.6 Å². The van der Waals surface area contributed by atoms with Crippen molar-refractivity contribution < 1.29 is 0 Å². The normalized spacial score (nSPS) is 16.1. The van der Waals surface area contributed by atoms with Crippen LogP contribution in [0.5, 0.6) is 0 Å². The lowest BCUT2D eigenvalue weighted by atomic mass is 10.1. The molecule has 0 saturated carbocycles. The van der Waals surface area contributed by atoms with Gasteiger partial charge >= 0.3 is 0 Å². The van der Waals surface area contributed by atoms with E-state index in [-0.39, 0.29) is 12.4 Å². The number of rotatable bonds is 2. The van der Waals surface area contributed by atoms with E-state index in [9.17, 15) is 0 Å². The highest BCUT2D eigenvalue weighted by Crippen LogP contribution is 2.14. The van der Waals surface area contributed by atoms with Crippen LogP contribution in [0.4, 0.5) is 0 Å². The van der Waals surface area contributed by atoms with Crippen molar-refractivity contribution in [3.05, 3.63) is 35.4 Å². The third kappa shape index (κ3) is 2.45. The Balaban J connectivity index is 0.000000845. The first kappa shape index (κ1) is 10.6. The number of hydrogen-bond donors (Lipinski definition) is 0. The second kappa shape index (κ2) is 4.64. The summed E-state index contributed by atoms with van der Waals surface area (Å²) in [6.07, 6.45) is 1.38. The summed E-state index contributed by atoms with van der Waals surface area (Å²) in [6.45, 7) is 5.91. The monoisotopic (exact) mass is 197 g/mol. The molecule has 0 bridgehead atoms. The van der Waals surface area contributed by atoms with E-state index in [2.05, 4.69) is 36.1 Å². The molecular weight excluding hydrogens is 182 g/mol. The molecule has 1 aliphatic heterocycles. The molecule has 72 valence electrons. The van der Waals surface area contributed by atoms with Gasteiger partial charge < -0.3 is 0 Å². The van der Waals surface area contributed by atoms with Crippen molar-refractivity contribution in [3.63, 3.8) is 0 Å². The largest absolute Gasteiger partial charge is 0.299 e. The van der Waals surface area contributed by atoms with E-state index < -0.39 is 0 Å². The SMILES string of the molecule is Cc1ccccc1CN1CCC1.Cl. The van der Waals surface area contributed by atoms with Crippen molar-refractivity contribution in [2.24, 2.45) is 0 Å². The lowest BCUT2D eigenvalue weighted by Gasteiger charge is -2.31. The second-order valence-electron chi connectivity index (χ2n) is 3.56. The van der Waals surface area contributed by atoms with Crippen LogP contribution in [-0.2, 0) is 6.54 Å². The van der Waals surface area contributed by atoms with Crippen LogP contribution in [0.25, 0.3) is 0 Å². The molecule has 1 saturated heterocycles. The minimum atomic E-state index is 0. The molecule has 2 heteroatoms. The summed E-state index contributed by atoms with van der Waals surface area (Å²) in [4.78, 5) is 2.49. The number of aryl methyl sites for hydroxylation is 1. The summed E-state index contributed by atoms with van der Waals surface area (Å²) >= 11 is 0. The van der Waals surface area contributed by atoms with Crippen LogP contribution in [0.3, 0.4) is 0 Å². The topological polar surface area (TPSA) is 3.24 Å². The summed E-state index contributed by atoms with van der Waals surface area (Å²) in [6, 6.07) is 8.65. The lowest BCUT2D eigenvalue weighted by Crippen LogP contribution is -2.36. The van der Waals surface area contributed by atoms with E-state index in [0.29, 0.717) is 0 Å². The summed E-state index contributed by atoms with van der Waals surface area (Å²) < 4.78 is 0. The van der Waals surface area contributed by atoms with E-state index >= 15 is 0 Å². The van der Waals surface area contributed by atoms with E-state index in [1.807, 2.05) is 0 Å². The fraction of sp³-hybridized carbons (Fsp3) is 0.455. The second-order valence-corrected chi connectivity index (χ2v) is 3.56. The number of likely N-dealkylation sites (tertiary alicyclic amines) is 1. The Kier molecular flexibility index (Phi) is 3.76. The predicted octanol–water partition coefficient (Wildman–Crippen LogP) is 2.62. The molecule has 0 aliphatic carbocycles. The van der Waals surface area contributed by atoms with E-state index in [1.165, 1.54) is 30.6 Å². The number of halogens is 1. The van der Waals surface area contributed by atoms with Crippen LogP contribution >= 0.6 is 12.4 Å². The van der Waals surface area contributed by atoms with Gasteiger partial charge in [-0.25, -0.2) is 0 Å². The Labute approximate surface area is 86.2 Å². The average Bonchev–Trinajstić information content (AvgIpc) is 2.00. The van der Waals surface area contributed by atoms with Gasteiger partial charge in [0, 0.05) is 6.54 Å². The lowest BCUT2D eigenvalue weighted by molar-refractivity contribution is 0.172. The first-order valence-corrected chi connectivity index (χ1v) is 4.63. The molecule has 0 N–H and O–H groups in total. The molecule has 0 unspecified atom stereocenters. The van der Waals surface area contributed by atoms with Crippen LogP contribution in [0.1, 0.15) is 17.5 Å². The van der Waals surface area contributed by atoms with Crippen molar-refractivity contribution in [3.8, 4) is 0 Å². The molecule has 0 atom stereocenters. The van der Waals surface area contributed by atoms with Gasteiger partial charge in [0.2, 0.25) is 0 Å². The molecule has 1 fully saturated rings. The zero-order valence-corrected chi connectivity index (χ0v) is 8.81. The van der Waals surface area contributed by atoms with Gasteiger partial charge in [0.15, 0.2) is 0 Å². The molecule has 1 aromatic rings. The molecule has 1 aliphatic rings. The Hall–Kier alpha value is -0.530. The van der Waals surface area contributed by atoms with Gasteiger partial charge in [-0.1, -0.05) is 24.3 Å². The van der Waals surface area contributed by atoms with Crippen LogP contribution in [-0.4, -0.2) is 18.0 Å². The third-order valence-corrected chi connectivity index (χ3v) is 2.60. The highest BCUT2D eigenvalue weighted by Gasteiger charge is 2.13. The standard InChI is InChI=1S/C11H15N.ClH/c1-10-5-2-3-6-11(10)9-12-7-4-8-12;/h2-3,5-6H,4,7-9H2,1H3;1H. The predicted molar refractivity (Wildman–Crippen MR) is 58.3 cm³/mol. The molecule has 0 spiro atoms. The fourth-order valence-electron chi connectivity index (χ4n) is 1.57. The molecule has 1 nitrogen and oxygen atoms in total. The Bertz CT molecular complexity index is 269. The molecule has 1 aromatic carbocycles. The van der Waals surface area contributed by atoms with Crippen LogP contribution in [0.2, 0.25) is 0 Å². The smallest absolute Gasteiger partial charge is 0.0236 e. The minimum Gasteiger partial charge on any atom is -0.299 e. The van der Waals surface area contributed by atoms with Crippen LogP contribution in [0, 0.1) is 6.92 Å². The Morgan fingerprint density at radius 2 is 1.92 bits per heavy atom. The highest BCUT2D eigenvalue weighted by molar-refractivity contribution is 5.85. The van der Waals surface area contributed by atoms with Crippen molar-refractivity contribution in [2.45, 2.75) is 19.9 Å². The van der Waals surface area contributed by atoms with Gasteiger partial charge in [-0.15, -0.1) is 12.4 Å². The Morgan fingerprint density at radius 1 is 1.23 bits per heavy atom. The van der Waals surface area contributed by atoms with Gasteiger partial charge in [-0.3, -0.25) is 4.90 Å². The van der Waals surface area contributed by atoms with Gasteiger partial charge in [-0.2, -0.15) is 0 Å². The van der Waals surface area contributed by atoms with Gasteiger partial charge in [0.1, 0.15) is 0 Å². The molecular formula is C11H16ClN. The summed E-state index contributed by atoms with van der Waals surface area (Å²) in [7, 11) is 0. The van der Waals surface area contributed by atoms with Crippen molar-refractivity contribution in [1.29, 1.82) is 0 Å². The maximum Gasteiger partial charge on any atom is 0.0236 e. The first-order chi connectivity index (χ1) is 5.86. The molecule has 2 rings (SSSR count). The minimum absolute atomic E-state index is 0.